The second kappa shape index (κ2) is 3.49. The molecule has 0 spiro atoms. The highest BCUT2D eigenvalue weighted by molar-refractivity contribution is 5.54. The summed E-state index contributed by atoms with van der Waals surface area (Å²) in [5, 5.41) is 7.36. The van der Waals surface area contributed by atoms with Crippen molar-refractivity contribution in [3.8, 4) is 0 Å². The number of pyridine rings is 1. The fraction of sp³-hybridized carbons (Fsp3) is 0.200. The minimum atomic E-state index is 0.814. The Morgan fingerprint density at radius 1 is 1.36 bits per heavy atom. The zero-order chi connectivity index (χ0) is 9.97. The molecule has 0 aliphatic heterocycles. The van der Waals surface area contributed by atoms with Gasteiger partial charge in [-0.15, -0.1) is 0 Å². The first-order valence-electron chi connectivity index (χ1n) is 4.44. The third kappa shape index (κ3) is 1.74. The van der Waals surface area contributed by atoms with E-state index in [1.807, 2.05) is 38.4 Å². The van der Waals surface area contributed by atoms with Crippen LogP contribution in [-0.2, 0) is 7.05 Å². The van der Waals surface area contributed by atoms with Gasteiger partial charge in [-0.1, -0.05) is 6.07 Å². The Hall–Kier alpha value is -1.84. The van der Waals surface area contributed by atoms with E-state index in [-0.39, 0.29) is 0 Å². The van der Waals surface area contributed by atoms with Crippen molar-refractivity contribution in [3.63, 3.8) is 0 Å². The van der Waals surface area contributed by atoms with E-state index in [1.54, 1.807) is 10.9 Å². The molecule has 2 aromatic heterocycles. The fourth-order valence-electron chi connectivity index (χ4n) is 1.22. The van der Waals surface area contributed by atoms with Crippen molar-refractivity contribution in [1.82, 2.24) is 14.8 Å². The van der Waals surface area contributed by atoms with Crippen LogP contribution in [0.3, 0.4) is 0 Å². The maximum atomic E-state index is 4.22. The second-order valence-corrected chi connectivity index (χ2v) is 3.17. The lowest BCUT2D eigenvalue weighted by Gasteiger charge is -2.04. The second-order valence-electron chi connectivity index (χ2n) is 3.17. The minimum Gasteiger partial charge on any atom is -0.323 e. The van der Waals surface area contributed by atoms with Gasteiger partial charge in [0.15, 0.2) is 5.82 Å². The van der Waals surface area contributed by atoms with Crippen molar-refractivity contribution in [2.45, 2.75) is 6.92 Å². The lowest BCUT2D eigenvalue weighted by molar-refractivity contribution is 0.771. The molecule has 4 nitrogen and oxygen atoms in total. The van der Waals surface area contributed by atoms with Gasteiger partial charge in [0.25, 0.3) is 0 Å². The molecular formula is C10H12N4. The van der Waals surface area contributed by atoms with Crippen molar-refractivity contribution >= 4 is 11.6 Å². The van der Waals surface area contributed by atoms with Gasteiger partial charge in [0.05, 0.1) is 0 Å². The van der Waals surface area contributed by atoms with Crippen molar-refractivity contribution in [1.29, 1.82) is 0 Å². The third-order valence-electron chi connectivity index (χ3n) is 1.97. The first kappa shape index (κ1) is 8.74. The number of aromatic nitrogens is 3. The van der Waals surface area contributed by atoms with Crippen LogP contribution in [0.25, 0.3) is 0 Å². The molecule has 0 aliphatic rings. The zero-order valence-corrected chi connectivity index (χ0v) is 8.23. The number of rotatable bonds is 2. The summed E-state index contributed by atoms with van der Waals surface area (Å²) in [5.41, 5.74) is 1.11. The van der Waals surface area contributed by atoms with Gasteiger partial charge in [-0.2, -0.15) is 5.10 Å². The van der Waals surface area contributed by atoms with Gasteiger partial charge < -0.3 is 5.32 Å². The predicted molar refractivity (Wildman–Crippen MR) is 55.5 cm³/mol. The molecule has 1 N–H and O–H groups in total. The van der Waals surface area contributed by atoms with Gasteiger partial charge in [0.2, 0.25) is 0 Å². The zero-order valence-electron chi connectivity index (χ0n) is 8.23. The van der Waals surface area contributed by atoms with Crippen LogP contribution in [0.15, 0.2) is 30.6 Å². The Balaban J connectivity index is 2.23. The number of aryl methyl sites for hydroxylation is 2. The molecule has 0 saturated carbocycles. The van der Waals surface area contributed by atoms with Crippen LogP contribution in [0.1, 0.15) is 5.56 Å². The van der Waals surface area contributed by atoms with Crippen molar-refractivity contribution in [2.24, 2.45) is 7.05 Å². The molecule has 2 rings (SSSR count). The Bertz CT molecular complexity index is 433. The van der Waals surface area contributed by atoms with Crippen LogP contribution in [-0.4, -0.2) is 14.8 Å². The quantitative estimate of drug-likeness (QED) is 0.782. The molecule has 0 amide bonds. The van der Waals surface area contributed by atoms with Crippen LogP contribution in [0.5, 0.6) is 0 Å². The molecule has 14 heavy (non-hydrogen) atoms. The minimum absolute atomic E-state index is 0.814. The summed E-state index contributed by atoms with van der Waals surface area (Å²) in [6.45, 7) is 2.01. The monoisotopic (exact) mass is 188 g/mol. The molecule has 0 aromatic carbocycles. The van der Waals surface area contributed by atoms with Gasteiger partial charge in [0, 0.05) is 25.5 Å². The largest absolute Gasteiger partial charge is 0.323 e. The van der Waals surface area contributed by atoms with Crippen LogP contribution in [0, 0.1) is 6.92 Å². The SMILES string of the molecule is Cc1cccnc1Nc1ccn(C)n1. The third-order valence-corrected chi connectivity index (χ3v) is 1.97. The lowest BCUT2D eigenvalue weighted by Crippen LogP contribution is -1.97. The van der Waals surface area contributed by atoms with E-state index in [9.17, 15) is 0 Å². The van der Waals surface area contributed by atoms with E-state index in [0.29, 0.717) is 0 Å². The highest BCUT2D eigenvalue weighted by Gasteiger charge is 2.00. The van der Waals surface area contributed by atoms with Crippen molar-refractivity contribution in [3.05, 3.63) is 36.2 Å². The first-order chi connectivity index (χ1) is 6.75. The van der Waals surface area contributed by atoms with Gasteiger partial charge in [0.1, 0.15) is 5.82 Å². The van der Waals surface area contributed by atoms with Gasteiger partial charge in [-0.05, 0) is 18.6 Å². The summed E-state index contributed by atoms with van der Waals surface area (Å²) in [6.07, 6.45) is 3.65. The number of anilines is 2. The Kier molecular flexibility index (Phi) is 2.18. The highest BCUT2D eigenvalue weighted by atomic mass is 15.3. The number of hydrogen-bond acceptors (Lipinski definition) is 3. The summed E-state index contributed by atoms with van der Waals surface area (Å²) in [7, 11) is 1.89. The standard InChI is InChI=1S/C10H12N4/c1-8-4-3-6-11-10(8)12-9-5-7-14(2)13-9/h3-7H,1-2H3,(H,11,12,13). The van der Waals surface area contributed by atoms with Crippen LogP contribution in [0.2, 0.25) is 0 Å². The fourth-order valence-corrected chi connectivity index (χ4v) is 1.22. The van der Waals surface area contributed by atoms with E-state index in [4.69, 9.17) is 0 Å². The van der Waals surface area contributed by atoms with Crippen molar-refractivity contribution < 1.29 is 0 Å². The molecule has 0 bridgehead atoms. The van der Waals surface area contributed by atoms with E-state index in [2.05, 4.69) is 15.4 Å². The molecule has 0 atom stereocenters. The van der Waals surface area contributed by atoms with Crippen LogP contribution in [0.4, 0.5) is 11.6 Å². The Labute approximate surface area is 82.6 Å². The summed E-state index contributed by atoms with van der Waals surface area (Å²) < 4.78 is 1.75. The van der Waals surface area contributed by atoms with E-state index in [0.717, 1.165) is 17.2 Å². The average molecular weight is 188 g/mol. The predicted octanol–water partition coefficient (Wildman–Crippen LogP) is 1.87. The average Bonchev–Trinajstić information content (AvgIpc) is 2.56. The molecule has 4 heteroatoms. The molecule has 0 unspecified atom stereocenters. The first-order valence-corrected chi connectivity index (χ1v) is 4.44. The van der Waals surface area contributed by atoms with Crippen molar-refractivity contribution in [2.75, 3.05) is 5.32 Å². The van der Waals surface area contributed by atoms with Gasteiger partial charge in [-0.3, -0.25) is 4.68 Å². The van der Waals surface area contributed by atoms with E-state index < -0.39 is 0 Å². The molecule has 0 saturated heterocycles. The molecule has 0 aliphatic carbocycles. The topological polar surface area (TPSA) is 42.7 Å². The van der Waals surface area contributed by atoms with E-state index in [1.165, 1.54) is 0 Å². The smallest absolute Gasteiger partial charge is 0.153 e. The summed E-state index contributed by atoms with van der Waals surface area (Å²) in [5.74, 6) is 1.67. The van der Waals surface area contributed by atoms with Crippen LogP contribution >= 0.6 is 0 Å². The van der Waals surface area contributed by atoms with Gasteiger partial charge >= 0.3 is 0 Å². The lowest BCUT2D eigenvalue weighted by atomic mass is 10.3. The van der Waals surface area contributed by atoms with Crippen LogP contribution < -0.4 is 5.32 Å². The van der Waals surface area contributed by atoms with E-state index >= 15 is 0 Å². The Morgan fingerprint density at radius 3 is 2.86 bits per heavy atom. The highest BCUT2D eigenvalue weighted by Crippen LogP contribution is 2.14. The molecule has 72 valence electrons. The number of nitrogens with zero attached hydrogens (tertiary/aromatic N) is 3. The molecule has 2 heterocycles. The summed E-state index contributed by atoms with van der Waals surface area (Å²) in [4.78, 5) is 4.22. The van der Waals surface area contributed by atoms with Gasteiger partial charge in [-0.25, -0.2) is 4.98 Å². The summed E-state index contributed by atoms with van der Waals surface area (Å²) in [6, 6.07) is 5.84. The number of nitrogens with one attached hydrogen (secondary N) is 1. The normalized spacial score (nSPS) is 10.1. The molecule has 0 radical (unpaired) electrons. The maximum absolute atomic E-state index is 4.22. The molecular weight excluding hydrogens is 176 g/mol. The molecule has 0 fully saturated rings. The molecule has 2 aromatic rings. The maximum Gasteiger partial charge on any atom is 0.153 e. The summed E-state index contributed by atoms with van der Waals surface area (Å²) >= 11 is 0. The Morgan fingerprint density at radius 2 is 2.21 bits per heavy atom. The number of hydrogen-bond donors (Lipinski definition) is 1.